The summed E-state index contributed by atoms with van der Waals surface area (Å²) in [6.45, 7) is 4.58. The maximum Gasteiger partial charge on any atom is 0.241 e. The van der Waals surface area contributed by atoms with Crippen LogP contribution in [0.4, 0.5) is 0 Å². The molecule has 3 nitrogen and oxygen atoms in total. The number of halogens is 3. The van der Waals surface area contributed by atoms with E-state index < -0.39 is 10.0 Å². The van der Waals surface area contributed by atoms with Gasteiger partial charge in [0.25, 0.3) is 0 Å². The molecule has 20 heavy (non-hydrogen) atoms. The summed E-state index contributed by atoms with van der Waals surface area (Å²) >= 11 is 10.1. The maximum atomic E-state index is 12.4. The third-order valence-corrected chi connectivity index (χ3v) is 7.68. The van der Waals surface area contributed by atoms with E-state index in [1.54, 1.807) is 18.2 Å². The summed E-state index contributed by atoms with van der Waals surface area (Å²) in [6.07, 6.45) is 1.83. The van der Waals surface area contributed by atoms with Crippen LogP contribution < -0.4 is 4.72 Å². The molecule has 7 heteroatoms. The Morgan fingerprint density at radius 2 is 1.80 bits per heavy atom. The summed E-state index contributed by atoms with van der Waals surface area (Å²) in [5, 5.41) is 0.773. The molecular weight excluding hydrogens is 474 g/mol. The molecule has 0 bridgehead atoms. The number of hydrogen-bond acceptors (Lipinski definition) is 2. The molecule has 0 aliphatic rings. The molecule has 1 aromatic carbocycles. The first-order chi connectivity index (χ1) is 9.30. The van der Waals surface area contributed by atoms with Crippen molar-refractivity contribution in [2.45, 2.75) is 31.6 Å². The van der Waals surface area contributed by atoms with Crippen molar-refractivity contribution < 1.29 is 8.42 Å². The van der Waals surface area contributed by atoms with Crippen LogP contribution in [0.25, 0.3) is 0 Å². The number of rotatable bonds is 7. The number of alkyl halides is 1. The molecule has 114 valence electrons. The molecule has 0 atom stereocenters. The molecule has 0 unspecified atom stereocenters. The molecule has 1 aromatic rings. The van der Waals surface area contributed by atoms with Gasteiger partial charge in [-0.15, -0.1) is 0 Å². The van der Waals surface area contributed by atoms with Gasteiger partial charge in [0, 0.05) is 20.8 Å². The van der Waals surface area contributed by atoms with Gasteiger partial charge in [-0.2, -0.15) is 0 Å². The Balaban J connectivity index is 2.98. The van der Waals surface area contributed by atoms with E-state index in [2.05, 4.69) is 66.4 Å². The molecular formula is C13H18Br3NO2S. The van der Waals surface area contributed by atoms with E-state index in [1.807, 2.05) is 0 Å². The molecule has 0 fully saturated rings. The number of benzene rings is 1. The van der Waals surface area contributed by atoms with Gasteiger partial charge in [-0.1, -0.05) is 45.7 Å². The topological polar surface area (TPSA) is 46.2 Å². The predicted octanol–water partition coefficient (Wildman–Crippen LogP) is 4.69. The first-order valence-corrected chi connectivity index (χ1v) is 10.5. The van der Waals surface area contributed by atoms with Gasteiger partial charge in [0.05, 0.1) is 4.90 Å². The second kappa shape index (κ2) is 7.72. The molecule has 1 N–H and O–H groups in total. The Morgan fingerprint density at radius 3 is 2.30 bits per heavy atom. The van der Waals surface area contributed by atoms with E-state index in [0.717, 1.165) is 22.6 Å². The van der Waals surface area contributed by atoms with Crippen LogP contribution in [0.15, 0.2) is 32.0 Å². The lowest BCUT2D eigenvalue weighted by Crippen LogP contribution is -2.38. The van der Waals surface area contributed by atoms with Crippen LogP contribution in [0, 0.1) is 5.41 Å². The van der Waals surface area contributed by atoms with Crippen LogP contribution >= 0.6 is 47.8 Å². The van der Waals surface area contributed by atoms with Crippen LogP contribution in [0.5, 0.6) is 0 Å². The van der Waals surface area contributed by atoms with Crippen molar-refractivity contribution in [2.75, 3.05) is 11.9 Å². The lowest BCUT2D eigenvalue weighted by atomic mass is 9.85. The van der Waals surface area contributed by atoms with Crippen LogP contribution in [0.2, 0.25) is 0 Å². The van der Waals surface area contributed by atoms with Crippen molar-refractivity contribution in [1.29, 1.82) is 0 Å². The normalized spacial score (nSPS) is 12.7. The molecule has 0 amide bonds. The van der Waals surface area contributed by atoms with Crippen LogP contribution in [0.1, 0.15) is 26.7 Å². The summed E-state index contributed by atoms with van der Waals surface area (Å²) in [6, 6.07) is 5.11. The minimum atomic E-state index is -3.52. The number of hydrogen-bond donors (Lipinski definition) is 1. The molecule has 0 radical (unpaired) electrons. The van der Waals surface area contributed by atoms with Gasteiger partial charge in [-0.3, -0.25) is 0 Å². The van der Waals surface area contributed by atoms with Gasteiger partial charge >= 0.3 is 0 Å². The second-order valence-electron chi connectivity index (χ2n) is 4.74. The van der Waals surface area contributed by atoms with E-state index >= 15 is 0 Å². The molecule has 1 rings (SSSR count). The summed E-state index contributed by atoms with van der Waals surface area (Å²) in [5.74, 6) is 0. The molecule has 0 aromatic heterocycles. The zero-order valence-electron chi connectivity index (χ0n) is 11.4. The molecule has 0 aliphatic carbocycles. The van der Waals surface area contributed by atoms with Crippen molar-refractivity contribution in [2.24, 2.45) is 5.41 Å². The highest BCUT2D eigenvalue weighted by Crippen LogP contribution is 2.30. The predicted molar refractivity (Wildman–Crippen MR) is 93.8 cm³/mol. The number of nitrogens with one attached hydrogen (secondary N) is 1. The lowest BCUT2D eigenvalue weighted by molar-refractivity contribution is 0.309. The summed E-state index contributed by atoms with van der Waals surface area (Å²) < 4.78 is 28.9. The minimum Gasteiger partial charge on any atom is -0.211 e. The smallest absolute Gasteiger partial charge is 0.211 e. The van der Waals surface area contributed by atoms with Crippen LogP contribution in [-0.2, 0) is 10.0 Å². The Morgan fingerprint density at radius 1 is 1.20 bits per heavy atom. The van der Waals surface area contributed by atoms with Crippen molar-refractivity contribution in [3.63, 3.8) is 0 Å². The summed E-state index contributed by atoms with van der Waals surface area (Å²) in [7, 11) is -3.52. The van der Waals surface area contributed by atoms with Gasteiger partial charge in [-0.05, 0) is 52.4 Å². The molecule has 0 heterocycles. The first kappa shape index (κ1) is 18.6. The molecule has 0 spiro atoms. The van der Waals surface area contributed by atoms with E-state index in [0.29, 0.717) is 11.0 Å². The Hall–Kier alpha value is 0.570. The standard InChI is InChI=1S/C13H18Br3NO2S/c1-3-13(4-2,8-14)9-17-20(18,19)12-7-10(15)5-6-11(12)16/h5-7,17H,3-4,8-9H2,1-2H3. The van der Waals surface area contributed by atoms with E-state index in [9.17, 15) is 8.42 Å². The average Bonchev–Trinajstić information content (AvgIpc) is 2.43. The SMILES string of the molecule is CCC(CC)(CBr)CNS(=O)(=O)c1cc(Br)ccc1Br. The second-order valence-corrected chi connectivity index (χ2v) is 8.81. The Labute approximate surface area is 146 Å². The zero-order chi connectivity index (χ0) is 15.4. The Bertz CT molecular complexity index is 548. The van der Waals surface area contributed by atoms with Gasteiger partial charge < -0.3 is 0 Å². The molecule has 0 saturated heterocycles. The van der Waals surface area contributed by atoms with Crippen molar-refractivity contribution in [3.8, 4) is 0 Å². The van der Waals surface area contributed by atoms with E-state index in [-0.39, 0.29) is 10.3 Å². The van der Waals surface area contributed by atoms with Gasteiger partial charge in [0.1, 0.15) is 0 Å². The Kier molecular flexibility index (Phi) is 7.19. The van der Waals surface area contributed by atoms with Crippen LogP contribution in [-0.4, -0.2) is 20.3 Å². The number of sulfonamides is 1. The average molecular weight is 492 g/mol. The zero-order valence-corrected chi connectivity index (χ0v) is 17.0. The van der Waals surface area contributed by atoms with Gasteiger partial charge in [-0.25, -0.2) is 13.1 Å². The van der Waals surface area contributed by atoms with Crippen LogP contribution in [0.3, 0.4) is 0 Å². The lowest BCUT2D eigenvalue weighted by Gasteiger charge is -2.29. The fraction of sp³-hybridized carbons (Fsp3) is 0.538. The summed E-state index contributed by atoms with van der Waals surface area (Å²) in [4.78, 5) is 0.252. The van der Waals surface area contributed by atoms with E-state index in [4.69, 9.17) is 0 Å². The van der Waals surface area contributed by atoms with Gasteiger partial charge in [0.15, 0.2) is 0 Å². The van der Waals surface area contributed by atoms with Crippen molar-refractivity contribution in [1.82, 2.24) is 4.72 Å². The highest BCUT2D eigenvalue weighted by atomic mass is 79.9. The largest absolute Gasteiger partial charge is 0.241 e. The van der Waals surface area contributed by atoms with Crippen molar-refractivity contribution in [3.05, 3.63) is 27.1 Å². The third kappa shape index (κ3) is 4.53. The fourth-order valence-electron chi connectivity index (χ4n) is 1.75. The highest BCUT2D eigenvalue weighted by molar-refractivity contribution is 9.11. The quantitative estimate of drug-likeness (QED) is 0.562. The van der Waals surface area contributed by atoms with Crippen molar-refractivity contribution >= 4 is 57.8 Å². The maximum absolute atomic E-state index is 12.4. The monoisotopic (exact) mass is 489 g/mol. The van der Waals surface area contributed by atoms with Gasteiger partial charge in [0.2, 0.25) is 10.0 Å². The minimum absolute atomic E-state index is 0.0500. The summed E-state index contributed by atoms with van der Waals surface area (Å²) in [5.41, 5.74) is -0.0500. The van der Waals surface area contributed by atoms with E-state index in [1.165, 1.54) is 0 Å². The first-order valence-electron chi connectivity index (χ1n) is 6.31. The third-order valence-electron chi connectivity index (χ3n) is 3.60. The highest BCUT2D eigenvalue weighted by Gasteiger charge is 2.28. The molecule has 0 aliphatic heterocycles. The fourth-order valence-corrected chi connectivity index (χ4v) is 5.39. The molecule has 0 saturated carbocycles.